The van der Waals surface area contributed by atoms with E-state index in [1.165, 1.54) is 16.7 Å². The van der Waals surface area contributed by atoms with Gasteiger partial charge in [-0.25, -0.2) is 0 Å². The molecule has 0 aliphatic heterocycles. The van der Waals surface area contributed by atoms with Crippen molar-refractivity contribution in [2.24, 2.45) is 5.11 Å². The fraction of sp³-hybridized carbons (Fsp3) is 0.538. The Morgan fingerprint density at radius 2 is 1.69 bits per heavy atom. The standard InChI is InChI=1S/C13H19N3/c1-9-6-11(13(3,4)5)7-10(2)12(9)8-15-16-14/h6-7H,8H2,1-5H3. The fourth-order valence-corrected chi connectivity index (χ4v) is 1.78. The highest BCUT2D eigenvalue weighted by Gasteiger charge is 2.15. The van der Waals surface area contributed by atoms with E-state index in [9.17, 15) is 0 Å². The molecule has 0 radical (unpaired) electrons. The number of hydrogen-bond acceptors (Lipinski definition) is 1. The number of rotatable bonds is 2. The summed E-state index contributed by atoms with van der Waals surface area (Å²) >= 11 is 0. The smallest absolute Gasteiger partial charge is 0.0516 e. The van der Waals surface area contributed by atoms with Gasteiger partial charge in [0.15, 0.2) is 0 Å². The van der Waals surface area contributed by atoms with Crippen molar-refractivity contribution in [2.45, 2.75) is 46.6 Å². The average molecular weight is 217 g/mol. The lowest BCUT2D eigenvalue weighted by molar-refractivity contribution is 0.588. The van der Waals surface area contributed by atoms with Crippen molar-refractivity contribution in [1.82, 2.24) is 0 Å². The van der Waals surface area contributed by atoms with E-state index in [0.717, 1.165) is 5.56 Å². The fourth-order valence-electron chi connectivity index (χ4n) is 1.78. The van der Waals surface area contributed by atoms with Crippen LogP contribution in [0.25, 0.3) is 10.4 Å². The molecule has 0 aliphatic carbocycles. The number of hydrogen-bond donors (Lipinski definition) is 0. The Hall–Kier alpha value is -1.47. The molecule has 0 N–H and O–H groups in total. The van der Waals surface area contributed by atoms with Gasteiger partial charge in [0.05, 0.1) is 6.54 Å². The van der Waals surface area contributed by atoms with Crippen LogP contribution in [0.15, 0.2) is 17.2 Å². The van der Waals surface area contributed by atoms with Crippen LogP contribution in [0.3, 0.4) is 0 Å². The normalized spacial score (nSPS) is 11.1. The highest BCUT2D eigenvalue weighted by Crippen LogP contribution is 2.27. The Morgan fingerprint density at radius 1 is 1.19 bits per heavy atom. The van der Waals surface area contributed by atoms with Gasteiger partial charge in [-0.05, 0) is 47.0 Å². The summed E-state index contributed by atoms with van der Waals surface area (Å²) in [5.74, 6) is 0. The zero-order valence-electron chi connectivity index (χ0n) is 10.7. The predicted octanol–water partition coefficient (Wildman–Crippen LogP) is 4.41. The second-order valence-corrected chi connectivity index (χ2v) is 5.23. The van der Waals surface area contributed by atoms with Crippen LogP contribution in [0.5, 0.6) is 0 Å². The molecule has 1 aromatic carbocycles. The molecule has 0 aromatic heterocycles. The molecular formula is C13H19N3. The summed E-state index contributed by atoms with van der Waals surface area (Å²) in [5.41, 5.74) is 13.4. The number of benzene rings is 1. The molecule has 0 unspecified atom stereocenters. The quantitative estimate of drug-likeness (QED) is 0.400. The maximum atomic E-state index is 8.35. The van der Waals surface area contributed by atoms with Gasteiger partial charge in [-0.1, -0.05) is 38.0 Å². The molecule has 0 saturated carbocycles. The van der Waals surface area contributed by atoms with Gasteiger partial charge in [0.25, 0.3) is 0 Å². The van der Waals surface area contributed by atoms with Gasteiger partial charge in [0.1, 0.15) is 0 Å². The molecule has 16 heavy (non-hydrogen) atoms. The summed E-state index contributed by atoms with van der Waals surface area (Å²) in [6.45, 7) is 11.2. The molecule has 1 rings (SSSR count). The SMILES string of the molecule is Cc1cc(C(C)(C)C)cc(C)c1CN=[N+]=[N-]. The zero-order chi connectivity index (χ0) is 12.3. The summed E-state index contributed by atoms with van der Waals surface area (Å²) in [6, 6.07) is 4.38. The van der Waals surface area contributed by atoms with Gasteiger partial charge in [0.2, 0.25) is 0 Å². The molecule has 0 amide bonds. The Labute approximate surface area is 97.1 Å². The molecule has 0 heterocycles. The highest BCUT2D eigenvalue weighted by molar-refractivity contribution is 5.40. The van der Waals surface area contributed by atoms with Crippen LogP contribution >= 0.6 is 0 Å². The second-order valence-electron chi connectivity index (χ2n) is 5.23. The third-order valence-corrected chi connectivity index (χ3v) is 2.85. The first-order valence-electron chi connectivity index (χ1n) is 5.47. The lowest BCUT2D eigenvalue weighted by Gasteiger charge is -2.22. The molecule has 3 nitrogen and oxygen atoms in total. The molecule has 0 atom stereocenters. The van der Waals surface area contributed by atoms with E-state index < -0.39 is 0 Å². The second kappa shape index (κ2) is 4.58. The van der Waals surface area contributed by atoms with E-state index >= 15 is 0 Å². The third kappa shape index (κ3) is 2.77. The van der Waals surface area contributed by atoms with Crippen LogP contribution in [-0.2, 0) is 12.0 Å². The molecule has 0 bridgehead atoms. The van der Waals surface area contributed by atoms with Crippen molar-refractivity contribution < 1.29 is 0 Å². The number of aryl methyl sites for hydroxylation is 2. The Balaban J connectivity index is 3.22. The predicted molar refractivity (Wildman–Crippen MR) is 67.5 cm³/mol. The number of nitrogens with zero attached hydrogens (tertiary/aromatic N) is 3. The van der Waals surface area contributed by atoms with Crippen molar-refractivity contribution >= 4 is 0 Å². The Kier molecular flexibility index (Phi) is 3.61. The minimum atomic E-state index is 0.159. The highest BCUT2D eigenvalue weighted by atomic mass is 15.1. The summed E-state index contributed by atoms with van der Waals surface area (Å²) < 4.78 is 0. The van der Waals surface area contributed by atoms with Gasteiger partial charge in [-0.15, -0.1) is 0 Å². The van der Waals surface area contributed by atoms with Crippen LogP contribution in [0.4, 0.5) is 0 Å². The summed E-state index contributed by atoms with van der Waals surface area (Å²) in [7, 11) is 0. The van der Waals surface area contributed by atoms with Crippen molar-refractivity contribution in [3.63, 3.8) is 0 Å². The maximum Gasteiger partial charge on any atom is 0.0516 e. The summed E-state index contributed by atoms with van der Waals surface area (Å²) in [6.07, 6.45) is 0. The maximum absolute atomic E-state index is 8.35. The first kappa shape index (κ1) is 12.6. The van der Waals surface area contributed by atoms with Crippen molar-refractivity contribution in [2.75, 3.05) is 0 Å². The molecular weight excluding hydrogens is 198 g/mol. The molecule has 3 heteroatoms. The summed E-state index contributed by atoms with van der Waals surface area (Å²) in [4.78, 5) is 2.81. The molecule has 0 fully saturated rings. The molecule has 0 saturated heterocycles. The van der Waals surface area contributed by atoms with Gasteiger partial charge in [-0.2, -0.15) is 0 Å². The monoisotopic (exact) mass is 217 g/mol. The van der Waals surface area contributed by atoms with Crippen LogP contribution in [0, 0.1) is 13.8 Å². The van der Waals surface area contributed by atoms with E-state index in [0.29, 0.717) is 6.54 Å². The topological polar surface area (TPSA) is 48.8 Å². The molecule has 1 aromatic rings. The van der Waals surface area contributed by atoms with Crippen molar-refractivity contribution in [3.8, 4) is 0 Å². The zero-order valence-corrected chi connectivity index (χ0v) is 10.7. The number of azide groups is 1. The van der Waals surface area contributed by atoms with E-state index in [4.69, 9.17) is 5.53 Å². The van der Waals surface area contributed by atoms with E-state index in [1.54, 1.807) is 0 Å². The first-order chi connectivity index (χ1) is 7.36. The van der Waals surface area contributed by atoms with E-state index in [-0.39, 0.29) is 5.41 Å². The largest absolute Gasteiger partial charge is 0.0893 e. The lowest BCUT2D eigenvalue weighted by atomic mass is 9.84. The molecule has 0 aliphatic rings. The van der Waals surface area contributed by atoms with E-state index in [2.05, 4.69) is 56.8 Å². The molecule has 86 valence electrons. The van der Waals surface area contributed by atoms with Gasteiger partial charge in [0, 0.05) is 4.91 Å². The average Bonchev–Trinajstić information content (AvgIpc) is 2.15. The lowest BCUT2D eigenvalue weighted by Crippen LogP contribution is -2.12. The van der Waals surface area contributed by atoms with Crippen LogP contribution in [0.1, 0.15) is 43.0 Å². The van der Waals surface area contributed by atoms with Crippen molar-refractivity contribution in [3.05, 3.63) is 44.8 Å². The van der Waals surface area contributed by atoms with E-state index in [1.807, 2.05) is 0 Å². The Morgan fingerprint density at radius 3 is 2.06 bits per heavy atom. The third-order valence-electron chi connectivity index (χ3n) is 2.85. The molecule has 0 spiro atoms. The summed E-state index contributed by atoms with van der Waals surface area (Å²) in [5, 5.41) is 3.64. The minimum Gasteiger partial charge on any atom is -0.0893 e. The van der Waals surface area contributed by atoms with Gasteiger partial charge < -0.3 is 0 Å². The Bertz CT molecular complexity index is 412. The minimum absolute atomic E-state index is 0.159. The van der Waals surface area contributed by atoms with Crippen LogP contribution in [0.2, 0.25) is 0 Å². The van der Waals surface area contributed by atoms with Crippen LogP contribution < -0.4 is 0 Å². The van der Waals surface area contributed by atoms with Gasteiger partial charge in [-0.3, -0.25) is 0 Å². The first-order valence-corrected chi connectivity index (χ1v) is 5.47. The van der Waals surface area contributed by atoms with Crippen LogP contribution in [-0.4, -0.2) is 0 Å². The van der Waals surface area contributed by atoms with Crippen molar-refractivity contribution in [1.29, 1.82) is 0 Å². The van der Waals surface area contributed by atoms with Gasteiger partial charge >= 0.3 is 0 Å².